The Hall–Kier alpha value is -1.59. The molecule has 6 heteroatoms. The van der Waals surface area contributed by atoms with E-state index in [1.807, 2.05) is 12.1 Å². The molecule has 1 aromatic heterocycles. The number of carbonyl (C=O) groups is 1. The summed E-state index contributed by atoms with van der Waals surface area (Å²) in [6, 6.07) is 9.05. The van der Waals surface area contributed by atoms with E-state index in [4.69, 9.17) is 11.6 Å². The SMILES string of the molecule is CC(=O)Nc1ccc(Nc2ncc(Br)cc2Cl)cc1. The standard InChI is InChI=1S/C13H11BrClN3O/c1-8(19)17-10-2-4-11(5-3-10)18-13-12(15)6-9(14)7-16-13/h2-7H,1H3,(H,16,18)(H,17,19). The molecule has 1 heterocycles. The van der Waals surface area contributed by atoms with Crippen molar-refractivity contribution in [2.75, 3.05) is 10.6 Å². The van der Waals surface area contributed by atoms with Crippen LogP contribution < -0.4 is 10.6 Å². The van der Waals surface area contributed by atoms with Gasteiger partial charge in [0, 0.05) is 29.0 Å². The predicted molar refractivity (Wildman–Crippen MR) is 81.0 cm³/mol. The Bertz CT molecular complexity index is 601. The Morgan fingerprint density at radius 1 is 1.26 bits per heavy atom. The zero-order chi connectivity index (χ0) is 13.8. The molecule has 2 rings (SSSR count). The third-order valence-electron chi connectivity index (χ3n) is 2.28. The summed E-state index contributed by atoms with van der Waals surface area (Å²) in [4.78, 5) is 15.1. The van der Waals surface area contributed by atoms with Gasteiger partial charge in [0.1, 0.15) is 5.82 Å². The van der Waals surface area contributed by atoms with E-state index in [0.29, 0.717) is 10.8 Å². The molecule has 0 bridgehead atoms. The number of hydrogen-bond donors (Lipinski definition) is 2. The van der Waals surface area contributed by atoms with Crippen molar-refractivity contribution in [1.29, 1.82) is 0 Å². The van der Waals surface area contributed by atoms with E-state index >= 15 is 0 Å². The van der Waals surface area contributed by atoms with Crippen molar-refractivity contribution < 1.29 is 4.79 Å². The van der Waals surface area contributed by atoms with Crippen LogP contribution in [0.2, 0.25) is 5.02 Å². The molecule has 4 nitrogen and oxygen atoms in total. The number of nitrogens with one attached hydrogen (secondary N) is 2. The van der Waals surface area contributed by atoms with Gasteiger partial charge in [0.15, 0.2) is 0 Å². The molecule has 0 aliphatic carbocycles. The van der Waals surface area contributed by atoms with Crippen molar-refractivity contribution in [2.45, 2.75) is 6.92 Å². The smallest absolute Gasteiger partial charge is 0.221 e. The van der Waals surface area contributed by atoms with E-state index in [9.17, 15) is 4.79 Å². The quantitative estimate of drug-likeness (QED) is 0.880. The van der Waals surface area contributed by atoms with Crippen LogP contribution >= 0.6 is 27.5 Å². The molecule has 0 saturated carbocycles. The van der Waals surface area contributed by atoms with Gasteiger partial charge >= 0.3 is 0 Å². The number of benzene rings is 1. The Morgan fingerprint density at radius 3 is 2.47 bits per heavy atom. The van der Waals surface area contributed by atoms with Gasteiger partial charge < -0.3 is 10.6 Å². The highest BCUT2D eigenvalue weighted by molar-refractivity contribution is 9.10. The second-order valence-electron chi connectivity index (χ2n) is 3.87. The molecule has 0 aliphatic heterocycles. The second kappa shape index (κ2) is 6.04. The molecule has 0 fully saturated rings. The van der Waals surface area contributed by atoms with Crippen LogP contribution in [0.4, 0.5) is 17.2 Å². The van der Waals surface area contributed by atoms with Crippen molar-refractivity contribution in [3.63, 3.8) is 0 Å². The fourth-order valence-electron chi connectivity index (χ4n) is 1.48. The van der Waals surface area contributed by atoms with E-state index in [0.717, 1.165) is 15.8 Å². The van der Waals surface area contributed by atoms with Crippen molar-refractivity contribution in [1.82, 2.24) is 4.98 Å². The molecular formula is C13H11BrClN3O. The summed E-state index contributed by atoms with van der Waals surface area (Å²) >= 11 is 9.37. The highest BCUT2D eigenvalue weighted by Gasteiger charge is 2.03. The number of pyridine rings is 1. The van der Waals surface area contributed by atoms with E-state index in [1.54, 1.807) is 24.4 Å². The lowest BCUT2D eigenvalue weighted by atomic mass is 10.2. The molecule has 0 aliphatic rings. The molecule has 98 valence electrons. The number of rotatable bonds is 3. The number of aromatic nitrogens is 1. The summed E-state index contributed by atoms with van der Waals surface area (Å²) in [7, 11) is 0. The van der Waals surface area contributed by atoms with E-state index in [-0.39, 0.29) is 5.91 Å². The Labute approximate surface area is 124 Å². The topological polar surface area (TPSA) is 54.0 Å². The number of halogens is 2. The van der Waals surface area contributed by atoms with Crippen LogP contribution in [0.15, 0.2) is 41.0 Å². The molecule has 0 saturated heterocycles. The number of carbonyl (C=O) groups excluding carboxylic acids is 1. The van der Waals surface area contributed by atoms with Crippen LogP contribution in [0.5, 0.6) is 0 Å². The summed E-state index contributed by atoms with van der Waals surface area (Å²) in [5, 5.41) is 6.33. The highest BCUT2D eigenvalue weighted by Crippen LogP contribution is 2.26. The summed E-state index contributed by atoms with van der Waals surface area (Å²) in [5.41, 5.74) is 1.58. The number of hydrogen-bond acceptors (Lipinski definition) is 3. The fourth-order valence-corrected chi connectivity index (χ4v) is 2.16. The van der Waals surface area contributed by atoms with Gasteiger partial charge in [0.25, 0.3) is 0 Å². The van der Waals surface area contributed by atoms with Gasteiger partial charge in [-0.25, -0.2) is 4.98 Å². The first kappa shape index (κ1) is 13.8. The highest BCUT2D eigenvalue weighted by atomic mass is 79.9. The van der Waals surface area contributed by atoms with Crippen molar-refractivity contribution in [3.05, 3.63) is 46.0 Å². The molecule has 1 amide bonds. The minimum atomic E-state index is -0.0988. The predicted octanol–water partition coefficient (Wildman–Crippen LogP) is 4.20. The minimum Gasteiger partial charge on any atom is -0.339 e. The van der Waals surface area contributed by atoms with Crippen LogP contribution in [0, 0.1) is 0 Å². The summed E-state index contributed by atoms with van der Waals surface area (Å²) in [6.07, 6.45) is 1.67. The van der Waals surface area contributed by atoms with Crippen LogP contribution in [-0.2, 0) is 4.79 Å². The number of anilines is 3. The zero-order valence-corrected chi connectivity index (χ0v) is 12.4. The third-order valence-corrected chi connectivity index (χ3v) is 3.00. The normalized spacial score (nSPS) is 10.1. The van der Waals surface area contributed by atoms with Crippen LogP contribution in [0.3, 0.4) is 0 Å². The average Bonchev–Trinajstić information content (AvgIpc) is 2.34. The molecule has 19 heavy (non-hydrogen) atoms. The summed E-state index contributed by atoms with van der Waals surface area (Å²) < 4.78 is 0.823. The van der Waals surface area contributed by atoms with Gasteiger partial charge in [-0.2, -0.15) is 0 Å². The van der Waals surface area contributed by atoms with E-state index in [2.05, 4.69) is 31.5 Å². The van der Waals surface area contributed by atoms with E-state index < -0.39 is 0 Å². The molecule has 0 atom stereocenters. The minimum absolute atomic E-state index is 0.0988. The van der Waals surface area contributed by atoms with Gasteiger partial charge in [0.05, 0.1) is 5.02 Å². The van der Waals surface area contributed by atoms with Gasteiger partial charge in [-0.1, -0.05) is 11.6 Å². The third kappa shape index (κ3) is 3.94. The summed E-state index contributed by atoms with van der Waals surface area (Å²) in [5.74, 6) is 0.482. The first-order valence-electron chi connectivity index (χ1n) is 5.50. The number of nitrogens with zero attached hydrogens (tertiary/aromatic N) is 1. The maximum absolute atomic E-state index is 10.9. The molecule has 0 unspecified atom stereocenters. The molecule has 1 aromatic carbocycles. The average molecular weight is 341 g/mol. The lowest BCUT2D eigenvalue weighted by Crippen LogP contribution is -2.05. The first-order valence-corrected chi connectivity index (χ1v) is 6.67. The van der Waals surface area contributed by atoms with Crippen LogP contribution in [-0.4, -0.2) is 10.9 Å². The zero-order valence-electron chi connectivity index (χ0n) is 10.1. The van der Waals surface area contributed by atoms with Gasteiger partial charge in [-0.3, -0.25) is 4.79 Å². The summed E-state index contributed by atoms with van der Waals surface area (Å²) in [6.45, 7) is 1.47. The maximum Gasteiger partial charge on any atom is 0.221 e. The Kier molecular flexibility index (Phi) is 4.39. The van der Waals surface area contributed by atoms with Crippen molar-refractivity contribution in [3.8, 4) is 0 Å². The molecule has 0 spiro atoms. The van der Waals surface area contributed by atoms with Crippen molar-refractivity contribution in [2.24, 2.45) is 0 Å². The Morgan fingerprint density at radius 2 is 1.89 bits per heavy atom. The van der Waals surface area contributed by atoms with Crippen LogP contribution in [0.25, 0.3) is 0 Å². The molecule has 2 N–H and O–H groups in total. The van der Waals surface area contributed by atoms with Crippen molar-refractivity contribution >= 4 is 50.6 Å². The van der Waals surface area contributed by atoms with Crippen LogP contribution in [0.1, 0.15) is 6.92 Å². The first-order chi connectivity index (χ1) is 9.04. The Balaban J connectivity index is 2.13. The fraction of sp³-hybridized carbons (Fsp3) is 0.0769. The monoisotopic (exact) mass is 339 g/mol. The van der Waals surface area contributed by atoms with Gasteiger partial charge in [-0.15, -0.1) is 0 Å². The number of amides is 1. The van der Waals surface area contributed by atoms with E-state index in [1.165, 1.54) is 6.92 Å². The molecular weight excluding hydrogens is 330 g/mol. The molecule has 0 radical (unpaired) electrons. The molecule has 2 aromatic rings. The second-order valence-corrected chi connectivity index (χ2v) is 5.19. The van der Waals surface area contributed by atoms with Gasteiger partial charge in [-0.05, 0) is 46.3 Å². The lowest BCUT2D eigenvalue weighted by molar-refractivity contribution is -0.114. The largest absolute Gasteiger partial charge is 0.339 e. The lowest BCUT2D eigenvalue weighted by Gasteiger charge is -2.08. The van der Waals surface area contributed by atoms with Gasteiger partial charge in [0.2, 0.25) is 5.91 Å². The maximum atomic E-state index is 10.9.